The second-order valence-corrected chi connectivity index (χ2v) is 10.3. The summed E-state index contributed by atoms with van der Waals surface area (Å²) >= 11 is 0. The van der Waals surface area contributed by atoms with Gasteiger partial charge in [0.15, 0.2) is 0 Å². The van der Waals surface area contributed by atoms with Crippen LogP contribution in [0.15, 0.2) is 72.8 Å². The van der Waals surface area contributed by atoms with Crippen LogP contribution in [-0.2, 0) is 11.2 Å². The number of benzene rings is 3. The normalized spacial score (nSPS) is 18.5. The number of fused-ring (bicyclic) bond motifs is 3. The van der Waals surface area contributed by atoms with Gasteiger partial charge >= 0.3 is 6.18 Å². The lowest BCUT2D eigenvalue weighted by atomic mass is 9.90. The molecular formula is C31H32F3N3O2. The summed E-state index contributed by atoms with van der Waals surface area (Å²) < 4.78 is 41.6. The summed E-state index contributed by atoms with van der Waals surface area (Å²) in [6.07, 6.45) is -1.48. The molecule has 2 amide bonds. The molecule has 0 bridgehead atoms. The van der Waals surface area contributed by atoms with Crippen molar-refractivity contribution in [2.24, 2.45) is 0 Å². The highest BCUT2D eigenvalue weighted by Crippen LogP contribution is 2.47. The highest BCUT2D eigenvalue weighted by molar-refractivity contribution is 5.97. The molecule has 8 heteroatoms. The number of hydrogen-bond acceptors (Lipinski definition) is 3. The molecule has 1 fully saturated rings. The second kappa shape index (κ2) is 11.2. The molecule has 5 rings (SSSR count). The first kappa shape index (κ1) is 26.9. The average molecular weight is 536 g/mol. The van der Waals surface area contributed by atoms with Crippen molar-refractivity contribution in [2.45, 2.75) is 50.7 Å². The topological polar surface area (TPSA) is 52.7 Å². The van der Waals surface area contributed by atoms with Gasteiger partial charge in [0.25, 0.3) is 5.91 Å². The highest BCUT2D eigenvalue weighted by Gasteiger charge is 2.44. The van der Waals surface area contributed by atoms with Gasteiger partial charge in [0.2, 0.25) is 5.91 Å². The molecular weight excluding hydrogens is 503 g/mol. The van der Waals surface area contributed by atoms with Crippen molar-refractivity contribution in [1.82, 2.24) is 15.3 Å². The third-order valence-corrected chi connectivity index (χ3v) is 7.56. The van der Waals surface area contributed by atoms with Crippen LogP contribution >= 0.6 is 0 Å². The minimum Gasteiger partial charge on any atom is -0.348 e. The van der Waals surface area contributed by atoms with E-state index in [2.05, 4.69) is 12.2 Å². The summed E-state index contributed by atoms with van der Waals surface area (Å²) in [4.78, 5) is 26.9. The van der Waals surface area contributed by atoms with Crippen molar-refractivity contribution in [2.75, 3.05) is 19.6 Å². The van der Waals surface area contributed by atoms with Crippen molar-refractivity contribution in [3.8, 4) is 11.1 Å². The van der Waals surface area contributed by atoms with Crippen LogP contribution in [0.2, 0.25) is 0 Å². The summed E-state index contributed by atoms with van der Waals surface area (Å²) in [5, 5.41) is 5.25. The smallest absolute Gasteiger partial charge is 0.348 e. The SMILES string of the molecule is CCCCc1cccc2c1C(C(=O)N(CC(F)(F)F)N1CCC(NC(=O)c3ccccc3)C1)c1ccccc1-2. The fraction of sp³-hybridized carbons (Fsp3) is 0.355. The summed E-state index contributed by atoms with van der Waals surface area (Å²) in [5.41, 5.74) is 4.85. The Labute approximate surface area is 226 Å². The lowest BCUT2D eigenvalue weighted by Gasteiger charge is -2.35. The summed E-state index contributed by atoms with van der Waals surface area (Å²) in [6, 6.07) is 21.7. The molecule has 0 aromatic heterocycles. The standard InChI is InChI=1S/C31H32F3N3O2/c1-2-3-10-21-13-9-16-25-24-14-7-8-15-26(24)28(27(21)25)30(39)37(20-31(32,33)34)36-18-17-23(19-36)35-29(38)22-11-5-4-6-12-22/h4-9,11-16,23,28H,2-3,10,17-20H2,1H3,(H,35,38). The number of hydrogen-bond donors (Lipinski definition) is 1. The second-order valence-electron chi connectivity index (χ2n) is 10.3. The summed E-state index contributed by atoms with van der Waals surface area (Å²) in [5.74, 6) is -1.68. The van der Waals surface area contributed by atoms with Crippen LogP contribution in [0.1, 0.15) is 59.2 Å². The van der Waals surface area contributed by atoms with E-state index >= 15 is 0 Å². The number of alkyl halides is 3. The van der Waals surface area contributed by atoms with Gasteiger partial charge in [-0.25, -0.2) is 5.01 Å². The third kappa shape index (κ3) is 5.71. The first-order valence-electron chi connectivity index (χ1n) is 13.5. The molecule has 2 unspecified atom stereocenters. The number of amides is 2. The number of carbonyl (C=O) groups is 2. The minimum atomic E-state index is -4.58. The van der Waals surface area contributed by atoms with Crippen molar-refractivity contribution < 1.29 is 22.8 Å². The van der Waals surface area contributed by atoms with Gasteiger partial charge in [0.1, 0.15) is 6.54 Å². The van der Waals surface area contributed by atoms with Gasteiger partial charge in [-0.15, -0.1) is 0 Å². The molecule has 204 valence electrons. The summed E-state index contributed by atoms with van der Waals surface area (Å²) in [6.45, 7) is 1.07. The number of unbranched alkanes of at least 4 members (excludes halogenated alkanes) is 1. The van der Waals surface area contributed by atoms with Gasteiger partial charge in [0.05, 0.1) is 5.92 Å². The molecule has 0 spiro atoms. The Bertz CT molecular complexity index is 1340. The van der Waals surface area contributed by atoms with E-state index in [4.69, 9.17) is 0 Å². The van der Waals surface area contributed by atoms with E-state index in [1.165, 1.54) is 5.01 Å². The zero-order valence-corrected chi connectivity index (χ0v) is 21.9. The van der Waals surface area contributed by atoms with Crippen LogP contribution < -0.4 is 5.32 Å². The van der Waals surface area contributed by atoms with Gasteiger partial charge in [-0.2, -0.15) is 13.2 Å². The van der Waals surface area contributed by atoms with Crippen molar-refractivity contribution >= 4 is 11.8 Å². The van der Waals surface area contributed by atoms with Crippen LogP contribution in [0.4, 0.5) is 13.2 Å². The Balaban J connectivity index is 1.44. The number of nitrogens with one attached hydrogen (secondary N) is 1. The zero-order valence-electron chi connectivity index (χ0n) is 21.9. The van der Waals surface area contributed by atoms with Crippen LogP contribution in [-0.4, -0.2) is 53.7 Å². The molecule has 1 heterocycles. The minimum absolute atomic E-state index is 0.124. The highest BCUT2D eigenvalue weighted by atomic mass is 19.4. The molecule has 0 radical (unpaired) electrons. The first-order valence-corrected chi connectivity index (χ1v) is 13.5. The maximum absolute atomic E-state index is 14.2. The Morgan fingerprint density at radius 3 is 2.44 bits per heavy atom. The molecule has 3 aromatic carbocycles. The first-order chi connectivity index (χ1) is 18.8. The number of aryl methyl sites for hydroxylation is 1. The number of rotatable bonds is 8. The Morgan fingerprint density at radius 2 is 1.69 bits per heavy atom. The predicted molar refractivity (Wildman–Crippen MR) is 144 cm³/mol. The van der Waals surface area contributed by atoms with E-state index < -0.39 is 24.5 Å². The molecule has 1 aliphatic heterocycles. The molecule has 1 aliphatic carbocycles. The number of nitrogens with zero attached hydrogens (tertiary/aromatic N) is 2. The Morgan fingerprint density at radius 1 is 0.974 bits per heavy atom. The molecule has 2 aliphatic rings. The quantitative estimate of drug-likeness (QED) is 0.388. The molecule has 1 saturated heterocycles. The maximum Gasteiger partial charge on any atom is 0.407 e. The third-order valence-electron chi connectivity index (χ3n) is 7.56. The molecule has 0 saturated carbocycles. The predicted octanol–water partition coefficient (Wildman–Crippen LogP) is 5.95. The lowest BCUT2D eigenvalue weighted by Crippen LogP contribution is -2.52. The van der Waals surface area contributed by atoms with Crippen LogP contribution in [0, 0.1) is 0 Å². The van der Waals surface area contributed by atoms with E-state index in [9.17, 15) is 22.8 Å². The molecule has 5 nitrogen and oxygen atoms in total. The van der Waals surface area contributed by atoms with Crippen LogP contribution in [0.5, 0.6) is 0 Å². The van der Waals surface area contributed by atoms with Gasteiger partial charge in [-0.1, -0.05) is 74.0 Å². The largest absolute Gasteiger partial charge is 0.407 e. The molecule has 3 aromatic rings. The van der Waals surface area contributed by atoms with E-state index in [1.807, 2.05) is 48.5 Å². The van der Waals surface area contributed by atoms with E-state index in [0.717, 1.165) is 52.1 Å². The maximum atomic E-state index is 14.2. The Hall–Kier alpha value is -3.65. The van der Waals surface area contributed by atoms with Crippen molar-refractivity contribution in [3.63, 3.8) is 0 Å². The van der Waals surface area contributed by atoms with Crippen molar-refractivity contribution in [3.05, 3.63) is 95.1 Å². The van der Waals surface area contributed by atoms with Crippen LogP contribution in [0.25, 0.3) is 11.1 Å². The van der Waals surface area contributed by atoms with Gasteiger partial charge < -0.3 is 5.32 Å². The average Bonchev–Trinajstić information content (AvgIpc) is 3.53. The van der Waals surface area contributed by atoms with E-state index in [1.54, 1.807) is 24.3 Å². The Kier molecular flexibility index (Phi) is 7.75. The monoisotopic (exact) mass is 535 g/mol. The van der Waals surface area contributed by atoms with Gasteiger partial charge in [0, 0.05) is 24.7 Å². The molecule has 2 atom stereocenters. The molecule has 1 N–H and O–H groups in total. The number of halogens is 3. The van der Waals surface area contributed by atoms with Gasteiger partial charge in [-0.05, 0) is 59.2 Å². The zero-order chi connectivity index (χ0) is 27.6. The fourth-order valence-electron chi connectivity index (χ4n) is 5.75. The van der Waals surface area contributed by atoms with Crippen LogP contribution in [0.3, 0.4) is 0 Å². The molecule has 39 heavy (non-hydrogen) atoms. The fourth-order valence-corrected chi connectivity index (χ4v) is 5.75. The van der Waals surface area contributed by atoms with E-state index in [0.29, 0.717) is 12.0 Å². The summed E-state index contributed by atoms with van der Waals surface area (Å²) in [7, 11) is 0. The lowest BCUT2D eigenvalue weighted by molar-refractivity contribution is -0.189. The number of hydrazine groups is 1. The van der Waals surface area contributed by atoms with Crippen molar-refractivity contribution in [1.29, 1.82) is 0 Å². The van der Waals surface area contributed by atoms with E-state index in [-0.39, 0.29) is 25.0 Å². The number of carbonyl (C=O) groups excluding carboxylic acids is 2. The van der Waals surface area contributed by atoms with Gasteiger partial charge in [-0.3, -0.25) is 14.6 Å².